The van der Waals surface area contributed by atoms with E-state index in [2.05, 4.69) is 0 Å². The molecule has 0 amide bonds. The van der Waals surface area contributed by atoms with Crippen molar-refractivity contribution in [3.63, 3.8) is 0 Å². The van der Waals surface area contributed by atoms with Crippen LogP contribution in [0.5, 0.6) is 0 Å². The molecule has 0 aliphatic carbocycles. The summed E-state index contributed by atoms with van der Waals surface area (Å²) in [5.74, 6) is -0.980. The number of ketones is 1. The smallest absolute Gasteiger partial charge is 0.338 e. The largest absolute Gasteiger partial charge is 0.454 e. The van der Waals surface area contributed by atoms with Crippen LogP contribution in [0.4, 0.5) is 0 Å². The summed E-state index contributed by atoms with van der Waals surface area (Å²) in [5, 5.41) is 0. The van der Waals surface area contributed by atoms with Crippen LogP contribution in [0.1, 0.15) is 33.2 Å². The van der Waals surface area contributed by atoms with E-state index in [1.165, 1.54) is 28.6 Å². The number of carbonyl (C=O) groups excluding carboxylic acids is 2. The van der Waals surface area contributed by atoms with Crippen molar-refractivity contribution in [2.24, 2.45) is 0 Å². The minimum Gasteiger partial charge on any atom is -0.454 e. The number of Topliss-reactive ketones (excluding diaryl/α,β-unsaturated/α-hetero) is 1. The van der Waals surface area contributed by atoms with Crippen molar-refractivity contribution in [3.05, 3.63) is 65.2 Å². The monoisotopic (exact) mass is 417 g/mol. The van der Waals surface area contributed by atoms with E-state index in [0.717, 1.165) is 12.0 Å². The Balaban J connectivity index is 1.60. The second kappa shape index (κ2) is 9.30. The highest BCUT2D eigenvalue weighted by atomic mass is 32.2. The Labute approximate surface area is 170 Å². The van der Waals surface area contributed by atoms with Gasteiger partial charge < -0.3 is 9.47 Å². The molecule has 154 valence electrons. The van der Waals surface area contributed by atoms with Crippen molar-refractivity contribution in [1.82, 2.24) is 4.31 Å². The molecule has 1 heterocycles. The number of carbonyl (C=O) groups is 2. The molecule has 29 heavy (non-hydrogen) atoms. The third-order valence-electron chi connectivity index (χ3n) is 4.72. The quantitative estimate of drug-likeness (QED) is 0.507. The molecule has 0 N–H and O–H groups in total. The third-order valence-corrected chi connectivity index (χ3v) is 6.63. The lowest BCUT2D eigenvalue weighted by atomic mass is 10.1. The summed E-state index contributed by atoms with van der Waals surface area (Å²) in [5.41, 5.74) is 1.77. The van der Waals surface area contributed by atoms with Crippen molar-refractivity contribution >= 4 is 21.8 Å². The maximum absolute atomic E-state index is 12.6. The highest BCUT2D eigenvalue weighted by Gasteiger charge is 2.26. The van der Waals surface area contributed by atoms with Gasteiger partial charge in [-0.05, 0) is 36.2 Å². The molecule has 0 spiro atoms. The van der Waals surface area contributed by atoms with Crippen LogP contribution in [0.3, 0.4) is 0 Å². The number of morpholine rings is 1. The minimum absolute atomic E-state index is 0.100. The molecule has 7 nitrogen and oxygen atoms in total. The van der Waals surface area contributed by atoms with Gasteiger partial charge in [0.15, 0.2) is 12.4 Å². The molecule has 0 radical (unpaired) electrons. The van der Waals surface area contributed by atoms with Gasteiger partial charge in [-0.25, -0.2) is 13.2 Å². The zero-order valence-electron chi connectivity index (χ0n) is 16.2. The normalized spacial score (nSPS) is 15.1. The summed E-state index contributed by atoms with van der Waals surface area (Å²) in [4.78, 5) is 24.5. The Hall–Kier alpha value is -2.55. The first-order valence-corrected chi connectivity index (χ1v) is 10.8. The van der Waals surface area contributed by atoms with Gasteiger partial charge in [0.05, 0.1) is 23.7 Å². The van der Waals surface area contributed by atoms with Gasteiger partial charge in [0.1, 0.15) is 0 Å². The van der Waals surface area contributed by atoms with E-state index in [-0.39, 0.29) is 22.8 Å². The fraction of sp³-hybridized carbons (Fsp3) is 0.333. The molecule has 3 rings (SSSR count). The Kier molecular flexibility index (Phi) is 6.79. The van der Waals surface area contributed by atoms with Gasteiger partial charge in [-0.1, -0.05) is 31.2 Å². The van der Waals surface area contributed by atoms with Gasteiger partial charge in [-0.15, -0.1) is 0 Å². The molecule has 8 heteroatoms. The Morgan fingerprint density at radius 1 is 0.966 bits per heavy atom. The first kappa shape index (κ1) is 21.2. The second-order valence-corrected chi connectivity index (χ2v) is 8.53. The lowest BCUT2D eigenvalue weighted by Crippen LogP contribution is -2.40. The van der Waals surface area contributed by atoms with Crippen LogP contribution in [-0.2, 0) is 25.9 Å². The van der Waals surface area contributed by atoms with Crippen LogP contribution in [0.15, 0.2) is 53.4 Å². The SMILES string of the molecule is CCc1ccc(C(=O)COC(=O)c2ccc(S(=O)(=O)N3CCOCC3)cc2)cc1. The van der Waals surface area contributed by atoms with Crippen LogP contribution in [0.25, 0.3) is 0 Å². The third kappa shape index (κ3) is 5.09. The molecule has 2 aromatic rings. The number of aryl methyl sites for hydroxylation is 1. The second-order valence-electron chi connectivity index (χ2n) is 6.59. The van der Waals surface area contributed by atoms with Gasteiger partial charge >= 0.3 is 5.97 Å². The van der Waals surface area contributed by atoms with Crippen molar-refractivity contribution < 1.29 is 27.5 Å². The molecule has 1 aliphatic rings. The summed E-state index contributed by atoms with van der Waals surface area (Å²) in [6, 6.07) is 12.7. The summed E-state index contributed by atoms with van der Waals surface area (Å²) in [6.07, 6.45) is 0.876. The number of hydrogen-bond donors (Lipinski definition) is 0. The lowest BCUT2D eigenvalue weighted by Gasteiger charge is -2.26. The predicted octanol–water partition coefficient (Wildman–Crippen LogP) is 2.31. The number of esters is 1. The van der Waals surface area contributed by atoms with Crippen LogP contribution in [-0.4, -0.2) is 57.4 Å². The topological polar surface area (TPSA) is 90.0 Å². The zero-order chi connectivity index (χ0) is 20.9. The first-order valence-electron chi connectivity index (χ1n) is 9.39. The molecule has 0 unspecified atom stereocenters. The summed E-state index contributed by atoms with van der Waals surface area (Å²) in [7, 11) is -3.62. The average Bonchev–Trinajstić information content (AvgIpc) is 2.78. The molecule has 0 aromatic heterocycles. The molecular formula is C21H23NO6S. The average molecular weight is 417 g/mol. The van der Waals surface area contributed by atoms with Gasteiger partial charge in [-0.3, -0.25) is 4.79 Å². The Morgan fingerprint density at radius 2 is 1.55 bits per heavy atom. The van der Waals surface area contributed by atoms with Gasteiger partial charge in [0.25, 0.3) is 0 Å². The van der Waals surface area contributed by atoms with Crippen LogP contribution < -0.4 is 0 Å². The number of rotatable bonds is 7. The molecule has 0 bridgehead atoms. The minimum atomic E-state index is -3.62. The molecule has 1 aliphatic heterocycles. The Bertz CT molecular complexity index is 961. The van der Waals surface area contributed by atoms with Crippen LogP contribution in [0.2, 0.25) is 0 Å². The molecule has 0 atom stereocenters. The summed E-state index contributed by atoms with van der Waals surface area (Å²) in [6.45, 7) is 2.97. The predicted molar refractivity (Wildman–Crippen MR) is 106 cm³/mol. The van der Waals surface area contributed by atoms with Crippen molar-refractivity contribution in [1.29, 1.82) is 0 Å². The number of hydrogen-bond acceptors (Lipinski definition) is 6. The number of ether oxygens (including phenoxy) is 2. The first-order chi connectivity index (χ1) is 13.9. The highest BCUT2D eigenvalue weighted by molar-refractivity contribution is 7.89. The van der Waals surface area contributed by atoms with Crippen LogP contribution >= 0.6 is 0 Å². The lowest BCUT2D eigenvalue weighted by molar-refractivity contribution is 0.0474. The summed E-state index contributed by atoms with van der Waals surface area (Å²) < 4.78 is 36.8. The van der Waals surface area contributed by atoms with Gasteiger partial charge in [-0.2, -0.15) is 4.31 Å². The number of benzene rings is 2. The van der Waals surface area contributed by atoms with Gasteiger partial charge in [0.2, 0.25) is 10.0 Å². The van der Waals surface area contributed by atoms with Crippen LogP contribution in [0, 0.1) is 0 Å². The molecule has 0 saturated carbocycles. The number of nitrogens with zero attached hydrogens (tertiary/aromatic N) is 1. The zero-order valence-corrected chi connectivity index (χ0v) is 17.0. The molecule has 2 aromatic carbocycles. The van der Waals surface area contributed by atoms with E-state index >= 15 is 0 Å². The molecule has 1 saturated heterocycles. The fourth-order valence-electron chi connectivity index (χ4n) is 2.92. The van der Waals surface area contributed by atoms with Crippen molar-refractivity contribution in [3.8, 4) is 0 Å². The maximum atomic E-state index is 12.6. The number of sulfonamides is 1. The van der Waals surface area contributed by atoms with E-state index in [9.17, 15) is 18.0 Å². The van der Waals surface area contributed by atoms with Crippen molar-refractivity contribution in [2.45, 2.75) is 18.2 Å². The molecular weight excluding hydrogens is 394 g/mol. The Morgan fingerprint density at radius 3 is 2.14 bits per heavy atom. The van der Waals surface area contributed by atoms with E-state index < -0.39 is 16.0 Å². The van der Waals surface area contributed by atoms with Gasteiger partial charge in [0, 0.05) is 18.7 Å². The maximum Gasteiger partial charge on any atom is 0.338 e. The van der Waals surface area contributed by atoms with E-state index in [1.54, 1.807) is 12.1 Å². The van der Waals surface area contributed by atoms with E-state index in [4.69, 9.17) is 9.47 Å². The van der Waals surface area contributed by atoms with E-state index in [1.807, 2.05) is 19.1 Å². The standard InChI is InChI=1S/C21H23NO6S/c1-2-16-3-5-17(6-4-16)20(23)15-28-21(24)18-7-9-19(10-8-18)29(25,26)22-11-13-27-14-12-22/h3-10H,2,11-15H2,1H3. The summed E-state index contributed by atoms with van der Waals surface area (Å²) >= 11 is 0. The van der Waals surface area contributed by atoms with Crippen molar-refractivity contribution in [2.75, 3.05) is 32.9 Å². The molecule has 1 fully saturated rings. The fourth-order valence-corrected chi connectivity index (χ4v) is 4.33. The highest BCUT2D eigenvalue weighted by Crippen LogP contribution is 2.18. The van der Waals surface area contributed by atoms with E-state index in [0.29, 0.717) is 31.9 Å².